The fourth-order valence-corrected chi connectivity index (χ4v) is 4.02. The molecule has 0 radical (unpaired) electrons. The number of hydrogen-bond donors (Lipinski definition) is 1. The maximum Gasteiger partial charge on any atom is 0.282 e. The van der Waals surface area contributed by atoms with Crippen LogP contribution in [0.15, 0.2) is 0 Å². The van der Waals surface area contributed by atoms with Crippen LogP contribution < -0.4 is 5.32 Å². The number of nitrogens with zero attached hydrogens (tertiary/aromatic N) is 2. The van der Waals surface area contributed by atoms with Crippen molar-refractivity contribution in [3.8, 4) is 0 Å². The first-order valence-electron chi connectivity index (χ1n) is 6.07. The van der Waals surface area contributed by atoms with Crippen LogP contribution in [0.2, 0.25) is 0 Å². The zero-order chi connectivity index (χ0) is 13.3. The van der Waals surface area contributed by atoms with Crippen LogP contribution in [0.1, 0.15) is 13.8 Å². The van der Waals surface area contributed by atoms with E-state index in [0.717, 1.165) is 0 Å². The Balaban J connectivity index is 2.12. The topological polar surface area (TPSA) is 79.0 Å². The smallest absolute Gasteiger partial charge is 0.282 e. The van der Waals surface area contributed by atoms with Gasteiger partial charge in [0.15, 0.2) is 0 Å². The van der Waals surface area contributed by atoms with Gasteiger partial charge in [-0.1, -0.05) is 0 Å². The Morgan fingerprint density at radius 2 is 1.83 bits per heavy atom. The van der Waals surface area contributed by atoms with E-state index in [9.17, 15) is 13.2 Å². The van der Waals surface area contributed by atoms with Gasteiger partial charge in [-0.05, 0) is 13.8 Å². The van der Waals surface area contributed by atoms with Crippen LogP contribution in [0.4, 0.5) is 0 Å². The number of nitrogens with one attached hydrogen (secondary N) is 1. The Morgan fingerprint density at radius 1 is 1.22 bits per heavy atom. The first kappa shape index (κ1) is 13.7. The molecule has 2 rings (SSSR count). The van der Waals surface area contributed by atoms with E-state index in [1.54, 1.807) is 0 Å². The van der Waals surface area contributed by atoms with E-state index in [4.69, 9.17) is 4.74 Å². The number of amides is 1. The standard InChI is InChI=1S/C10H19N3O4S/c1-8-5-13(6-9(2)17-8)18(15,16)12-4-3-11-10(14)7-12/h8-9H,3-7H2,1-2H3,(H,11,14). The second kappa shape index (κ2) is 5.12. The number of ether oxygens (including phenoxy) is 1. The highest BCUT2D eigenvalue weighted by atomic mass is 32.2. The molecule has 2 atom stereocenters. The van der Waals surface area contributed by atoms with Crippen molar-refractivity contribution in [2.45, 2.75) is 26.1 Å². The first-order chi connectivity index (χ1) is 8.39. The summed E-state index contributed by atoms with van der Waals surface area (Å²) in [7, 11) is -3.56. The van der Waals surface area contributed by atoms with Gasteiger partial charge in [0, 0.05) is 26.2 Å². The van der Waals surface area contributed by atoms with E-state index in [1.165, 1.54) is 8.61 Å². The van der Waals surface area contributed by atoms with Gasteiger partial charge in [-0.2, -0.15) is 17.0 Å². The van der Waals surface area contributed by atoms with Gasteiger partial charge < -0.3 is 10.1 Å². The largest absolute Gasteiger partial charge is 0.373 e. The van der Waals surface area contributed by atoms with Crippen LogP contribution in [-0.4, -0.2) is 67.9 Å². The molecule has 2 aliphatic heterocycles. The quantitative estimate of drug-likeness (QED) is 0.685. The summed E-state index contributed by atoms with van der Waals surface area (Å²) in [6.45, 7) is 4.97. The van der Waals surface area contributed by atoms with Crippen LogP contribution in [0.25, 0.3) is 0 Å². The normalized spacial score (nSPS) is 32.2. The van der Waals surface area contributed by atoms with Gasteiger partial charge in [0.1, 0.15) is 0 Å². The van der Waals surface area contributed by atoms with E-state index in [0.29, 0.717) is 26.2 Å². The Labute approximate surface area is 107 Å². The zero-order valence-electron chi connectivity index (χ0n) is 10.6. The highest BCUT2D eigenvalue weighted by Gasteiger charge is 2.37. The van der Waals surface area contributed by atoms with Crippen LogP contribution in [0.3, 0.4) is 0 Å². The molecule has 2 heterocycles. The maximum atomic E-state index is 12.4. The second-order valence-corrected chi connectivity index (χ2v) is 6.69. The zero-order valence-corrected chi connectivity index (χ0v) is 11.4. The van der Waals surface area contributed by atoms with Crippen LogP contribution in [0, 0.1) is 0 Å². The SMILES string of the molecule is CC1CN(S(=O)(=O)N2CCNC(=O)C2)CC(C)O1. The number of hydrogen-bond acceptors (Lipinski definition) is 4. The number of piperazine rings is 1. The van der Waals surface area contributed by atoms with Gasteiger partial charge in [0.05, 0.1) is 18.8 Å². The molecule has 2 fully saturated rings. The summed E-state index contributed by atoms with van der Waals surface area (Å²) in [5, 5.41) is 2.62. The van der Waals surface area contributed by atoms with E-state index in [1.807, 2.05) is 13.8 Å². The Morgan fingerprint density at radius 3 is 2.39 bits per heavy atom. The molecule has 1 amide bonds. The summed E-state index contributed by atoms with van der Waals surface area (Å²) in [6.07, 6.45) is -0.246. The molecule has 2 unspecified atom stereocenters. The number of carbonyl (C=O) groups excluding carboxylic acids is 1. The van der Waals surface area contributed by atoms with Crippen LogP contribution >= 0.6 is 0 Å². The van der Waals surface area contributed by atoms with Gasteiger partial charge >= 0.3 is 0 Å². The van der Waals surface area contributed by atoms with Crippen molar-refractivity contribution in [2.75, 3.05) is 32.7 Å². The lowest BCUT2D eigenvalue weighted by Crippen LogP contribution is -2.57. The Kier molecular flexibility index (Phi) is 3.90. The van der Waals surface area contributed by atoms with Gasteiger partial charge in [0.2, 0.25) is 5.91 Å². The minimum Gasteiger partial charge on any atom is -0.373 e. The van der Waals surface area contributed by atoms with Gasteiger partial charge in [-0.15, -0.1) is 0 Å². The van der Waals surface area contributed by atoms with Gasteiger partial charge in [-0.25, -0.2) is 0 Å². The van der Waals surface area contributed by atoms with Gasteiger partial charge in [0.25, 0.3) is 10.2 Å². The number of rotatable bonds is 2. The van der Waals surface area contributed by atoms with Crippen molar-refractivity contribution in [1.29, 1.82) is 0 Å². The summed E-state index contributed by atoms with van der Waals surface area (Å²) < 4.78 is 32.9. The highest BCUT2D eigenvalue weighted by molar-refractivity contribution is 7.86. The van der Waals surface area contributed by atoms with E-state index < -0.39 is 10.2 Å². The third-order valence-corrected chi connectivity index (χ3v) is 4.96. The molecule has 0 aromatic carbocycles. The van der Waals surface area contributed by atoms with E-state index >= 15 is 0 Å². The molecule has 104 valence electrons. The van der Waals surface area contributed by atoms with Crippen molar-refractivity contribution in [3.63, 3.8) is 0 Å². The van der Waals surface area contributed by atoms with Crippen molar-refractivity contribution in [2.24, 2.45) is 0 Å². The molecule has 0 bridgehead atoms. The first-order valence-corrected chi connectivity index (χ1v) is 7.46. The Hall–Kier alpha value is -0.700. The van der Waals surface area contributed by atoms with Crippen molar-refractivity contribution >= 4 is 16.1 Å². The fourth-order valence-electron chi connectivity index (χ4n) is 2.29. The third-order valence-electron chi connectivity index (χ3n) is 3.04. The van der Waals surface area contributed by atoms with E-state index in [-0.39, 0.29) is 24.7 Å². The summed E-state index contributed by atoms with van der Waals surface area (Å²) in [5.74, 6) is -0.251. The molecule has 0 aliphatic carbocycles. The molecule has 18 heavy (non-hydrogen) atoms. The summed E-state index contributed by atoms with van der Waals surface area (Å²) in [5.41, 5.74) is 0. The summed E-state index contributed by atoms with van der Waals surface area (Å²) in [4.78, 5) is 11.3. The average Bonchev–Trinajstić information content (AvgIpc) is 2.27. The molecule has 0 aromatic heterocycles. The molecule has 0 aromatic rings. The molecule has 2 aliphatic rings. The summed E-state index contributed by atoms with van der Waals surface area (Å²) in [6, 6.07) is 0. The minimum absolute atomic E-state index is 0.0948. The highest BCUT2D eigenvalue weighted by Crippen LogP contribution is 2.17. The average molecular weight is 277 g/mol. The molecule has 2 saturated heterocycles. The Bertz CT molecular complexity index is 415. The molecular formula is C10H19N3O4S. The van der Waals surface area contributed by atoms with Crippen molar-refractivity contribution in [1.82, 2.24) is 13.9 Å². The van der Waals surface area contributed by atoms with Crippen molar-refractivity contribution in [3.05, 3.63) is 0 Å². The maximum absolute atomic E-state index is 12.4. The lowest BCUT2D eigenvalue weighted by Gasteiger charge is -2.38. The molecule has 8 heteroatoms. The lowest BCUT2D eigenvalue weighted by atomic mass is 10.3. The van der Waals surface area contributed by atoms with Crippen LogP contribution in [0.5, 0.6) is 0 Å². The molecule has 1 N–H and O–H groups in total. The van der Waals surface area contributed by atoms with Gasteiger partial charge in [-0.3, -0.25) is 4.79 Å². The monoisotopic (exact) mass is 277 g/mol. The van der Waals surface area contributed by atoms with Crippen LogP contribution in [-0.2, 0) is 19.7 Å². The van der Waals surface area contributed by atoms with Crippen molar-refractivity contribution < 1.29 is 17.9 Å². The predicted molar refractivity (Wildman–Crippen MR) is 65.1 cm³/mol. The number of carbonyl (C=O) groups is 1. The second-order valence-electron chi connectivity index (χ2n) is 4.77. The third kappa shape index (κ3) is 2.82. The molecule has 0 saturated carbocycles. The predicted octanol–water partition coefficient (Wildman–Crippen LogP) is -1.23. The fraction of sp³-hybridized carbons (Fsp3) is 0.900. The lowest BCUT2D eigenvalue weighted by molar-refractivity contribution is -0.122. The molecule has 7 nitrogen and oxygen atoms in total. The summed E-state index contributed by atoms with van der Waals surface area (Å²) >= 11 is 0. The minimum atomic E-state index is -3.56. The van der Waals surface area contributed by atoms with E-state index in [2.05, 4.69) is 5.32 Å². The molecule has 0 spiro atoms. The molecular weight excluding hydrogens is 258 g/mol. The number of morpholine rings is 1.